The molecule has 1 unspecified atom stereocenters. The van der Waals surface area contributed by atoms with Crippen molar-refractivity contribution in [2.75, 3.05) is 59.0 Å². The van der Waals surface area contributed by atoms with E-state index in [0.717, 1.165) is 18.7 Å². The first kappa shape index (κ1) is 21.6. The summed E-state index contributed by atoms with van der Waals surface area (Å²) in [7, 11) is 0. The summed E-state index contributed by atoms with van der Waals surface area (Å²) in [6.45, 7) is 7.56. The van der Waals surface area contributed by atoms with E-state index < -0.39 is 5.54 Å². The molecule has 1 aromatic carbocycles. The highest BCUT2D eigenvalue weighted by Gasteiger charge is 2.54. The summed E-state index contributed by atoms with van der Waals surface area (Å²) in [6, 6.07) is 9.32. The van der Waals surface area contributed by atoms with Crippen LogP contribution in [0.25, 0.3) is 0 Å². The molecule has 0 aliphatic carbocycles. The third-order valence-corrected chi connectivity index (χ3v) is 6.54. The predicted octanol–water partition coefficient (Wildman–Crippen LogP) is 0.957. The molecule has 3 saturated heterocycles. The van der Waals surface area contributed by atoms with E-state index in [-0.39, 0.29) is 18.0 Å². The Morgan fingerprint density at radius 3 is 2.52 bits per heavy atom. The second-order valence-corrected chi connectivity index (χ2v) is 8.50. The van der Waals surface area contributed by atoms with E-state index in [1.54, 1.807) is 9.80 Å². The van der Waals surface area contributed by atoms with Crippen LogP contribution in [-0.2, 0) is 16.1 Å². The Kier molecular flexibility index (Phi) is 6.43. The first-order valence-electron chi connectivity index (χ1n) is 11.0. The maximum atomic E-state index is 13.2. The van der Waals surface area contributed by atoms with Gasteiger partial charge in [0.05, 0.1) is 13.2 Å². The quantitative estimate of drug-likeness (QED) is 0.705. The molecule has 0 saturated carbocycles. The molecule has 1 aromatic rings. The number of rotatable bonds is 5. The maximum absolute atomic E-state index is 13.2. The fourth-order valence-corrected chi connectivity index (χ4v) is 4.47. The van der Waals surface area contributed by atoms with Gasteiger partial charge in [0, 0.05) is 52.4 Å². The zero-order chi connectivity index (χ0) is 21.8. The average Bonchev–Trinajstić information content (AvgIpc) is 2.91. The number of imide groups is 1. The molecule has 0 bridgehead atoms. The molecule has 9 nitrogen and oxygen atoms in total. The fraction of sp³-hybridized carbons (Fsp3) is 0.591. The van der Waals surface area contributed by atoms with Crippen molar-refractivity contribution < 1.29 is 19.1 Å². The van der Waals surface area contributed by atoms with E-state index in [2.05, 4.69) is 10.2 Å². The van der Waals surface area contributed by atoms with Crippen molar-refractivity contribution in [2.45, 2.75) is 25.4 Å². The van der Waals surface area contributed by atoms with Crippen LogP contribution in [0.1, 0.15) is 18.9 Å². The van der Waals surface area contributed by atoms with Crippen molar-refractivity contribution in [1.29, 1.82) is 0 Å². The zero-order valence-electron chi connectivity index (χ0n) is 18.1. The highest BCUT2D eigenvalue weighted by molar-refractivity contribution is 6.06. The first-order chi connectivity index (χ1) is 15.0. The molecule has 1 N–H and O–H groups in total. The Morgan fingerprint density at radius 2 is 1.77 bits per heavy atom. The van der Waals surface area contributed by atoms with Crippen LogP contribution in [0.4, 0.5) is 9.59 Å². The summed E-state index contributed by atoms with van der Waals surface area (Å²) in [5.74, 6) is -0.155. The van der Waals surface area contributed by atoms with Gasteiger partial charge in [-0.3, -0.25) is 14.6 Å². The molecule has 3 aliphatic heterocycles. The van der Waals surface area contributed by atoms with E-state index in [1.165, 1.54) is 4.90 Å². The number of benzene rings is 1. The summed E-state index contributed by atoms with van der Waals surface area (Å²) >= 11 is 0. The van der Waals surface area contributed by atoms with Crippen LogP contribution in [-0.4, -0.2) is 102 Å². The van der Waals surface area contributed by atoms with Gasteiger partial charge in [-0.25, -0.2) is 9.59 Å². The lowest BCUT2D eigenvalue weighted by atomic mass is 9.96. The minimum Gasteiger partial charge on any atom is -0.379 e. The summed E-state index contributed by atoms with van der Waals surface area (Å²) < 4.78 is 5.36. The van der Waals surface area contributed by atoms with Gasteiger partial charge < -0.3 is 19.9 Å². The van der Waals surface area contributed by atoms with Gasteiger partial charge in [0.1, 0.15) is 5.54 Å². The largest absolute Gasteiger partial charge is 0.379 e. The number of carbonyl (C=O) groups excluding carboxylic acids is 3. The van der Waals surface area contributed by atoms with E-state index >= 15 is 0 Å². The van der Waals surface area contributed by atoms with Crippen molar-refractivity contribution in [1.82, 2.24) is 24.9 Å². The molecule has 0 spiro atoms. The van der Waals surface area contributed by atoms with Crippen molar-refractivity contribution in [3.8, 4) is 0 Å². The minimum atomic E-state index is -0.892. The lowest BCUT2D eigenvalue weighted by molar-refractivity contribution is -0.132. The van der Waals surface area contributed by atoms with E-state index in [4.69, 9.17) is 4.74 Å². The van der Waals surface area contributed by atoms with Crippen molar-refractivity contribution in [3.05, 3.63) is 35.9 Å². The molecule has 31 heavy (non-hydrogen) atoms. The number of hydrogen-bond acceptors (Lipinski definition) is 5. The molecule has 168 valence electrons. The Morgan fingerprint density at radius 1 is 1.03 bits per heavy atom. The van der Waals surface area contributed by atoms with Gasteiger partial charge in [0.25, 0.3) is 5.91 Å². The van der Waals surface area contributed by atoms with Gasteiger partial charge in [-0.05, 0) is 18.9 Å². The first-order valence-corrected chi connectivity index (χ1v) is 11.0. The third kappa shape index (κ3) is 4.52. The number of amides is 5. The molecule has 0 radical (unpaired) electrons. The maximum Gasteiger partial charge on any atom is 0.327 e. The molecule has 3 aliphatic rings. The Hall–Kier alpha value is -2.65. The standard InChI is InChI=1S/C22H31N5O4/c1-22-7-8-25(20(29)23-17-18-5-3-2-4-6-18)10-12-27(22)21(30)26(19(22)28)11-9-24-13-15-31-16-14-24/h2-6H,7-17H2,1H3,(H,23,29). The van der Waals surface area contributed by atoms with Gasteiger partial charge in [-0.15, -0.1) is 0 Å². The molecule has 5 amide bonds. The van der Waals surface area contributed by atoms with Crippen LogP contribution in [0.5, 0.6) is 0 Å². The third-order valence-electron chi connectivity index (χ3n) is 6.54. The SMILES string of the molecule is CC12CCN(C(=O)NCc3ccccc3)CCN1C(=O)N(CCN1CCOCC1)C2=O. The van der Waals surface area contributed by atoms with Crippen molar-refractivity contribution >= 4 is 18.0 Å². The van der Waals surface area contributed by atoms with Gasteiger partial charge in [-0.2, -0.15) is 0 Å². The number of nitrogens with one attached hydrogen (secondary N) is 1. The average molecular weight is 430 g/mol. The second kappa shape index (κ2) is 9.23. The van der Waals surface area contributed by atoms with Crippen LogP contribution >= 0.6 is 0 Å². The predicted molar refractivity (Wildman–Crippen MR) is 114 cm³/mol. The monoisotopic (exact) mass is 429 g/mol. The smallest absolute Gasteiger partial charge is 0.327 e. The molecule has 3 fully saturated rings. The second-order valence-electron chi connectivity index (χ2n) is 8.50. The summed E-state index contributed by atoms with van der Waals surface area (Å²) in [6.07, 6.45) is 0.435. The molecule has 9 heteroatoms. The van der Waals surface area contributed by atoms with E-state index in [1.807, 2.05) is 37.3 Å². The summed E-state index contributed by atoms with van der Waals surface area (Å²) in [4.78, 5) is 45.8. The lowest BCUT2D eigenvalue weighted by Gasteiger charge is -2.28. The number of carbonyl (C=O) groups is 3. The Labute approximate surface area is 182 Å². The van der Waals surface area contributed by atoms with Gasteiger partial charge in [-0.1, -0.05) is 30.3 Å². The minimum absolute atomic E-state index is 0.155. The zero-order valence-corrected chi connectivity index (χ0v) is 18.1. The van der Waals surface area contributed by atoms with Gasteiger partial charge in [0.2, 0.25) is 0 Å². The van der Waals surface area contributed by atoms with Crippen LogP contribution < -0.4 is 5.32 Å². The number of urea groups is 2. The molecule has 0 aromatic heterocycles. The Bertz CT molecular complexity index is 813. The van der Waals surface area contributed by atoms with Gasteiger partial charge >= 0.3 is 12.1 Å². The van der Waals surface area contributed by atoms with Crippen LogP contribution in [0.3, 0.4) is 0 Å². The van der Waals surface area contributed by atoms with E-state index in [0.29, 0.717) is 58.9 Å². The highest BCUT2D eigenvalue weighted by Crippen LogP contribution is 2.32. The lowest BCUT2D eigenvalue weighted by Crippen LogP contribution is -2.47. The van der Waals surface area contributed by atoms with Crippen LogP contribution in [0.15, 0.2) is 30.3 Å². The number of nitrogens with zero attached hydrogens (tertiary/aromatic N) is 4. The van der Waals surface area contributed by atoms with Crippen LogP contribution in [0.2, 0.25) is 0 Å². The number of ether oxygens (including phenoxy) is 1. The molecule has 3 heterocycles. The van der Waals surface area contributed by atoms with Crippen LogP contribution in [0, 0.1) is 0 Å². The molecular weight excluding hydrogens is 398 g/mol. The van der Waals surface area contributed by atoms with E-state index in [9.17, 15) is 14.4 Å². The summed E-state index contributed by atoms with van der Waals surface area (Å²) in [5.41, 5.74) is 0.135. The fourth-order valence-electron chi connectivity index (χ4n) is 4.47. The molecule has 1 atom stereocenters. The van der Waals surface area contributed by atoms with Gasteiger partial charge in [0.15, 0.2) is 0 Å². The molecular formula is C22H31N5O4. The normalized spacial score (nSPS) is 24.9. The number of hydrogen-bond donors (Lipinski definition) is 1. The van der Waals surface area contributed by atoms with Crippen molar-refractivity contribution in [3.63, 3.8) is 0 Å². The topological polar surface area (TPSA) is 85.4 Å². The molecule has 4 rings (SSSR count). The van der Waals surface area contributed by atoms with Crippen molar-refractivity contribution in [2.24, 2.45) is 0 Å². The number of morpholine rings is 1. The summed E-state index contributed by atoms with van der Waals surface area (Å²) in [5, 5.41) is 2.93. The Balaban J connectivity index is 1.33. The highest BCUT2D eigenvalue weighted by atomic mass is 16.5. The number of fused-ring (bicyclic) bond motifs is 1.